The summed E-state index contributed by atoms with van der Waals surface area (Å²) in [5, 5.41) is 9.56. The zero-order valence-electron chi connectivity index (χ0n) is 21.2. The van der Waals surface area contributed by atoms with Gasteiger partial charge < -0.3 is 9.52 Å². The van der Waals surface area contributed by atoms with Crippen molar-refractivity contribution in [1.29, 1.82) is 0 Å². The number of benzene rings is 1. The van der Waals surface area contributed by atoms with Crippen LogP contribution in [-0.2, 0) is 24.9 Å². The van der Waals surface area contributed by atoms with Gasteiger partial charge in [0.1, 0.15) is 5.76 Å². The number of rotatable bonds is 3. The fraction of sp³-hybridized carbons (Fsp3) is 0.429. The standard InChI is InChI=1S/C17H16NO.C11H20O2.Ir/c1-11(2)13-8-12(3)9-14(10-13)15-4-5-17-16(18-15)6-7-19-17;1-10(2,3)8(12)7-9(13)11(4,5)6;/h4-8,10-11H,1-3H3;7,12H,1-6H3;/q-1;;/b;8-7-;. The molecule has 0 atom stereocenters. The number of aromatic nitrogens is 1. The molecule has 2 heterocycles. The minimum Gasteiger partial charge on any atom is -0.512 e. The molecule has 0 saturated heterocycles. The molecule has 0 unspecified atom stereocenters. The molecular weight excluding hydrogens is 591 g/mol. The molecule has 4 nitrogen and oxygen atoms in total. The summed E-state index contributed by atoms with van der Waals surface area (Å²) < 4.78 is 5.32. The van der Waals surface area contributed by atoms with Crippen molar-refractivity contribution in [2.24, 2.45) is 10.8 Å². The van der Waals surface area contributed by atoms with Crippen molar-refractivity contribution >= 4 is 16.9 Å². The summed E-state index contributed by atoms with van der Waals surface area (Å²) in [6.45, 7) is 17.6. The smallest absolute Gasteiger partial charge is 0.164 e. The first-order valence-corrected chi connectivity index (χ1v) is 11.0. The molecule has 1 radical (unpaired) electrons. The monoisotopic (exact) mass is 627 g/mol. The van der Waals surface area contributed by atoms with E-state index in [2.05, 4.69) is 44.0 Å². The van der Waals surface area contributed by atoms with Crippen LogP contribution in [0.4, 0.5) is 0 Å². The van der Waals surface area contributed by atoms with Crippen LogP contribution in [0.1, 0.15) is 72.4 Å². The Morgan fingerprint density at radius 3 is 2.24 bits per heavy atom. The van der Waals surface area contributed by atoms with Gasteiger partial charge in [-0.1, -0.05) is 68.4 Å². The molecular formula is C28H36IrNO3-. The van der Waals surface area contributed by atoms with Crippen molar-refractivity contribution in [3.63, 3.8) is 0 Å². The Morgan fingerprint density at radius 1 is 1.06 bits per heavy atom. The van der Waals surface area contributed by atoms with Gasteiger partial charge in [0.2, 0.25) is 0 Å². The largest absolute Gasteiger partial charge is 0.512 e. The molecule has 1 aromatic carbocycles. The molecule has 181 valence electrons. The number of allylic oxidation sites excluding steroid dienone is 2. The summed E-state index contributed by atoms with van der Waals surface area (Å²) in [6.07, 6.45) is 3.00. The molecule has 0 saturated carbocycles. The summed E-state index contributed by atoms with van der Waals surface area (Å²) in [5.74, 6) is 0.608. The van der Waals surface area contributed by atoms with Gasteiger partial charge in [-0.15, -0.1) is 34.9 Å². The molecule has 3 aromatic rings. The average Bonchev–Trinajstić information content (AvgIpc) is 3.14. The van der Waals surface area contributed by atoms with E-state index in [9.17, 15) is 9.90 Å². The molecule has 0 aliphatic heterocycles. The number of carbonyl (C=O) groups is 1. The molecule has 33 heavy (non-hydrogen) atoms. The Labute approximate surface area is 211 Å². The van der Waals surface area contributed by atoms with E-state index in [0.29, 0.717) is 5.92 Å². The number of hydrogen-bond acceptors (Lipinski definition) is 4. The van der Waals surface area contributed by atoms with Crippen molar-refractivity contribution in [3.05, 3.63) is 65.6 Å². The van der Waals surface area contributed by atoms with Crippen LogP contribution in [0.25, 0.3) is 22.4 Å². The summed E-state index contributed by atoms with van der Waals surface area (Å²) in [7, 11) is 0. The molecule has 5 heteroatoms. The van der Waals surface area contributed by atoms with Crippen molar-refractivity contribution in [2.75, 3.05) is 0 Å². The zero-order chi connectivity index (χ0) is 24.3. The third-order valence-corrected chi connectivity index (χ3v) is 5.05. The number of fused-ring (bicyclic) bond motifs is 1. The van der Waals surface area contributed by atoms with Gasteiger partial charge in [-0.3, -0.25) is 9.78 Å². The fourth-order valence-electron chi connectivity index (χ4n) is 2.77. The zero-order valence-corrected chi connectivity index (χ0v) is 23.6. The van der Waals surface area contributed by atoms with Crippen LogP contribution >= 0.6 is 0 Å². The normalized spacial score (nSPS) is 12.2. The molecule has 0 spiro atoms. The maximum absolute atomic E-state index is 11.5. The second kappa shape index (κ2) is 11.3. The van der Waals surface area contributed by atoms with E-state index >= 15 is 0 Å². The molecule has 2 aromatic heterocycles. The Balaban J connectivity index is 0.000000346. The van der Waals surface area contributed by atoms with E-state index in [1.807, 2.05) is 59.7 Å². The average molecular weight is 627 g/mol. The van der Waals surface area contributed by atoms with Crippen molar-refractivity contribution < 1.29 is 34.4 Å². The van der Waals surface area contributed by atoms with Crippen LogP contribution in [0.15, 0.2) is 52.8 Å². The number of nitrogens with zero attached hydrogens (tertiary/aromatic N) is 1. The first-order valence-electron chi connectivity index (χ1n) is 11.0. The maximum atomic E-state index is 11.5. The van der Waals surface area contributed by atoms with Gasteiger partial charge >= 0.3 is 0 Å². The fourth-order valence-corrected chi connectivity index (χ4v) is 2.77. The number of aryl methyl sites for hydroxylation is 1. The number of aliphatic hydroxyl groups excluding tert-OH is 1. The predicted molar refractivity (Wildman–Crippen MR) is 132 cm³/mol. The number of ketones is 1. The van der Waals surface area contributed by atoms with Crippen LogP contribution in [0.5, 0.6) is 0 Å². The van der Waals surface area contributed by atoms with E-state index in [-0.39, 0.29) is 37.1 Å². The molecule has 3 rings (SSSR count). The predicted octanol–water partition coefficient (Wildman–Crippen LogP) is 7.81. The van der Waals surface area contributed by atoms with Gasteiger partial charge in [-0.05, 0) is 17.7 Å². The Morgan fingerprint density at radius 2 is 1.70 bits per heavy atom. The molecule has 1 N–H and O–H groups in total. The molecule has 0 fully saturated rings. The maximum Gasteiger partial charge on any atom is 0.164 e. The number of carbonyl (C=O) groups excluding carboxylic acids is 1. The van der Waals surface area contributed by atoms with Gasteiger partial charge in [-0.25, -0.2) is 0 Å². The summed E-state index contributed by atoms with van der Waals surface area (Å²) in [5.41, 5.74) is 5.40. The number of pyridine rings is 1. The van der Waals surface area contributed by atoms with E-state index in [0.717, 1.165) is 27.9 Å². The van der Waals surface area contributed by atoms with E-state index < -0.39 is 5.41 Å². The molecule has 0 aliphatic carbocycles. The minimum atomic E-state index is -0.417. The Bertz CT molecular complexity index is 1110. The van der Waals surface area contributed by atoms with Crippen LogP contribution in [0.2, 0.25) is 0 Å². The number of furan rings is 1. The van der Waals surface area contributed by atoms with E-state index in [4.69, 9.17) is 4.42 Å². The Hall–Kier alpha value is -2.23. The van der Waals surface area contributed by atoms with Crippen LogP contribution in [0.3, 0.4) is 0 Å². The van der Waals surface area contributed by atoms with E-state index in [1.165, 1.54) is 11.6 Å². The van der Waals surface area contributed by atoms with Gasteiger partial charge in [-0.2, -0.15) is 0 Å². The van der Waals surface area contributed by atoms with Gasteiger partial charge in [0.25, 0.3) is 0 Å². The third-order valence-electron chi connectivity index (χ3n) is 5.05. The van der Waals surface area contributed by atoms with Gasteiger partial charge in [0, 0.05) is 43.1 Å². The van der Waals surface area contributed by atoms with Crippen LogP contribution < -0.4 is 0 Å². The van der Waals surface area contributed by atoms with E-state index in [1.54, 1.807) is 6.26 Å². The number of hydrogen-bond donors (Lipinski definition) is 1. The quantitative estimate of drug-likeness (QED) is 0.183. The minimum absolute atomic E-state index is 0. The molecule has 0 bridgehead atoms. The van der Waals surface area contributed by atoms with Crippen molar-refractivity contribution in [1.82, 2.24) is 4.98 Å². The van der Waals surface area contributed by atoms with Crippen molar-refractivity contribution in [3.8, 4) is 11.3 Å². The topological polar surface area (TPSA) is 63.3 Å². The summed E-state index contributed by atoms with van der Waals surface area (Å²) in [6, 6.07) is 13.6. The summed E-state index contributed by atoms with van der Waals surface area (Å²) in [4.78, 5) is 16.1. The molecule has 0 amide bonds. The Kier molecular flexibility index (Phi) is 9.83. The third kappa shape index (κ3) is 8.24. The van der Waals surface area contributed by atoms with Crippen LogP contribution in [-0.4, -0.2) is 15.9 Å². The first kappa shape index (κ1) is 28.8. The van der Waals surface area contributed by atoms with Crippen LogP contribution in [0, 0.1) is 23.8 Å². The second-order valence-electron chi connectivity index (χ2n) is 10.6. The summed E-state index contributed by atoms with van der Waals surface area (Å²) >= 11 is 0. The first-order chi connectivity index (χ1) is 14.7. The van der Waals surface area contributed by atoms with Gasteiger partial charge in [0.05, 0.1) is 11.8 Å². The van der Waals surface area contributed by atoms with Crippen molar-refractivity contribution in [2.45, 2.75) is 68.2 Å². The SMILES string of the molecule is CC(C)(C)C(=O)/C=C(\O)C(C)(C)C.Cc1[c-]c(-c2ccc3occc3n2)cc(C(C)C)c1.[Ir]. The molecule has 0 aliphatic rings. The van der Waals surface area contributed by atoms with Gasteiger partial charge in [0.15, 0.2) is 11.4 Å². The second-order valence-corrected chi connectivity index (χ2v) is 10.6. The number of aliphatic hydroxyl groups is 1.